The van der Waals surface area contributed by atoms with E-state index < -0.39 is 16.1 Å². The zero-order valence-corrected chi connectivity index (χ0v) is 11.1. The molecular formula is C10H19N3O3S. The van der Waals surface area contributed by atoms with Crippen LogP contribution in [0.5, 0.6) is 0 Å². The molecule has 7 heteroatoms. The number of aryl methyl sites for hydroxylation is 1. The maximum Gasteiger partial charge on any atom is 0.257 e. The molecule has 1 unspecified atom stereocenters. The third-order valence-corrected chi connectivity index (χ3v) is 3.81. The second-order valence-electron chi connectivity index (χ2n) is 4.21. The summed E-state index contributed by atoms with van der Waals surface area (Å²) in [6.07, 6.45) is 1.23. The first-order valence-corrected chi connectivity index (χ1v) is 7.06. The number of rotatable bonds is 6. The van der Waals surface area contributed by atoms with Crippen LogP contribution in [0.4, 0.5) is 0 Å². The molecule has 0 aromatic carbocycles. The van der Waals surface area contributed by atoms with Gasteiger partial charge in [0.25, 0.3) is 10.0 Å². The number of sulfonamides is 1. The predicted molar refractivity (Wildman–Crippen MR) is 64.0 cm³/mol. The van der Waals surface area contributed by atoms with Gasteiger partial charge in [-0.1, -0.05) is 20.8 Å². The fraction of sp³-hybridized carbons (Fsp3) is 0.700. The lowest BCUT2D eigenvalue weighted by atomic mass is 10.1. The normalized spacial score (nSPS) is 14.2. The van der Waals surface area contributed by atoms with Crippen molar-refractivity contribution in [1.82, 2.24) is 14.7 Å². The number of aromatic nitrogens is 2. The largest absolute Gasteiger partial charge is 0.391 e. The molecule has 1 aromatic heterocycles. The fourth-order valence-corrected chi connectivity index (χ4v) is 2.16. The van der Waals surface area contributed by atoms with Gasteiger partial charge in [-0.25, -0.2) is 18.1 Å². The highest BCUT2D eigenvalue weighted by Gasteiger charge is 2.19. The number of hydrogen-bond acceptors (Lipinski definition) is 4. The van der Waals surface area contributed by atoms with E-state index in [0.717, 1.165) is 0 Å². The Kier molecular flexibility index (Phi) is 4.67. The Balaban J connectivity index is 2.69. The number of imidazole rings is 1. The predicted octanol–water partition coefficient (Wildman–Crippen LogP) is 0.267. The number of aliphatic hydroxyl groups excluding tert-OH is 1. The summed E-state index contributed by atoms with van der Waals surface area (Å²) >= 11 is 0. The number of hydrogen-bond donors (Lipinski definition) is 3. The van der Waals surface area contributed by atoms with Gasteiger partial charge >= 0.3 is 0 Å². The van der Waals surface area contributed by atoms with Gasteiger partial charge in [-0.3, -0.25) is 0 Å². The number of nitrogens with zero attached hydrogens (tertiary/aromatic N) is 1. The maximum absolute atomic E-state index is 11.8. The van der Waals surface area contributed by atoms with E-state index in [1.807, 2.05) is 20.8 Å². The summed E-state index contributed by atoms with van der Waals surface area (Å²) in [5.74, 6) is 0.625. The molecule has 0 aliphatic heterocycles. The second-order valence-corrected chi connectivity index (χ2v) is 5.95. The molecule has 0 saturated carbocycles. The molecule has 1 atom stereocenters. The molecular weight excluding hydrogens is 242 g/mol. The first-order valence-electron chi connectivity index (χ1n) is 5.58. The first-order chi connectivity index (χ1) is 7.86. The summed E-state index contributed by atoms with van der Waals surface area (Å²) in [5.41, 5.74) is 0. The fourth-order valence-electron chi connectivity index (χ4n) is 1.17. The molecule has 0 spiro atoms. The lowest BCUT2D eigenvalue weighted by Crippen LogP contribution is -2.34. The van der Waals surface area contributed by atoms with Crippen molar-refractivity contribution in [3.63, 3.8) is 0 Å². The van der Waals surface area contributed by atoms with Gasteiger partial charge in [-0.15, -0.1) is 0 Å². The van der Waals surface area contributed by atoms with Gasteiger partial charge in [0, 0.05) is 13.0 Å². The molecule has 17 heavy (non-hydrogen) atoms. The van der Waals surface area contributed by atoms with Crippen LogP contribution in [0.1, 0.15) is 26.6 Å². The van der Waals surface area contributed by atoms with Crippen molar-refractivity contribution in [3.05, 3.63) is 12.0 Å². The number of H-pyrrole nitrogens is 1. The average Bonchev–Trinajstić information content (AvgIpc) is 2.75. The minimum absolute atomic E-state index is 0.000475. The van der Waals surface area contributed by atoms with Crippen LogP contribution < -0.4 is 4.72 Å². The van der Waals surface area contributed by atoms with E-state index in [4.69, 9.17) is 0 Å². The van der Waals surface area contributed by atoms with Crippen LogP contribution in [0.15, 0.2) is 11.2 Å². The number of nitrogens with one attached hydrogen (secondary N) is 2. The molecule has 1 aromatic rings. The SMILES string of the molecule is CCc1ncc(S(=O)(=O)NCC(O)C(C)C)[nH]1. The van der Waals surface area contributed by atoms with Crippen molar-refractivity contribution in [2.75, 3.05) is 6.54 Å². The van der Waals surface area contributed by atoms with Crippen LogP contribution in [-0.2, 0) is 16.4 Å². The van der Waals surface area contributed by atoms with Crippen LogP contribution in [0.25, 0.3) is 0 Å². The lowest BCUT2D eigenvalue weighted by Gasteiger charge is -2.14. The summed E-state index contributed by atoms with van der Waals surface area (Å²) in [6, 6.07) is 0. The quantitative estimate of drug-likeness (QED) is 0.685. The highest BCUT2D eigenvalue weighted by atomic mass is 32.2. The molecule has 6 nitrogen and oxygen atoms in total. The molecule has 0 aliphatic rings. The van der Waals surface area contributed by atoms with E-state index >= 15 is 0 Å². The van der Waals surface area contributed by atoms with E-state index in [0.29, 0.717) is 12.2 Å². The van der Waals surface area contributed by atoms with E-state index in [1.165, 1.54) is 6.20 Å². The van der Waals surface area contributed by atoms with Crippen LogP contribution >= 0.6 is 0 Å². The Bertz CT molecular complexity index is 453. The molecule has 3 N–H and O–H groups in total. The van der Waals surface area contributed by atoms with E-state index in [-0.39, 0.29) is 17.5 Å². The van der Waals surface area contributed by atoms with Crippen molar-refractivity contribution in [1.29, 1.82) is 0 Å². The van der Waals surface area contributed by atoms with Gasteiger partial charge in [0.15, 0.2) is 5.03 Å². The third kappa shape index (κ3) is 3.79. The zero-order valence-electron chi connectivity index (χ0n) is 10.3. The minimum atomic E-state index is -3.61. The lowest BCUT2D eigenvalue weighted by molar-refractivity contribution is 0.129. The first kappa shape index (κ1) is 14.1. The monoisotopic (exact) mass is 261 g/mol. The molecule has 0 saturated heterocycles. The molecule has 0 aliphatic carbocycles. The summed E-state index contributed by atoms with van der Waals surface area (Å²) in [4.78, 5) is 6.64. The minimum Gasteiger partial charge on any atom is -0.391 e. The van der Waals surface area contributed by atoms with Gasteiger partial charge in [-0.2, -0.15) is 0 Å². The molecule has 1 rings (SSSR count). The Labute approximate surface area is 102 Å². The Morgan fingerprint density at radius 2 is 2.18 bits per heavy atom. The standard InChI is InChI=1S/C10H19N3O3S/c1-4-9-11-6-10(13-9)17(15,16)12-5-8(14)7(2)3/h6-8,12,14H,4-5H2,1-3H3,(H,11,13). The summed E-state index contributed by atoms with van der Waals surface area (Å²) in [5, 5.41) is 9.57. The van der Waals surface area contributed by atoms with Gasteiger partial charge in [0.2, 0.25) is 0 Å². The van der Waals surface area contributed by atoms with Crippen LogP contribution in [0.3, 0.4) is 0 Å². The topological polar surface area (TPSA) is 95.1 Å². The van der Waals surface area contributed by atoms with Crippen molar-refractivity contribution in [3.8, 4) is 0 Å². The summed E-state index contributed by atoms with van der Waals surface area (Å²) in [7, 11) is -3.61. The number of aliphatic hydroxyl groups is 1. The molecule has 0 fully saturated rings. The molecule has 98 valence electrons. The Morgan fingerprint density at radius 3 is 2.65 bits per heavy atom. The van der Waals surface area contributed by atoms with Gasteiger partial charge in [0.1, 0.15) is 5.82 Å². The highest BCUT2D eigenvalue weighted by Crippen LogP contribution is 2.07. The van der Waals surface area contributed by atoms with E-state index in [9.17, 15) is 13.5 Å². The smallest absolute Gasteiger partial charge is 0.257 e. The molecule has 0 bridgehead atoms. The summed E-state index contributed by atoms with van der Waals surface area (Å²) in [6.45, 7) is 5.53. The zero-order chi connectivity index (χ0) is 13.1. The summed E-state index contributed by atoms with van der Waals surface area (Å²) < 4.78 is 25.9. The molecule has 0 amide bonds. The van der Waals surface area contributed by atoms with Crippen molar-refractivity contribution in [2.45, 2.75) is 38.3 Å². The Morgan fingerprint density at radius 1 is 1.53 bits per heavy atom. The van der Waals surface area contributed by atoms with Crippen LogP contribution in [-0.4, -0.2) is 36.1 Å². The maximum atomic E-state index is 11.8. The van der Waals surface area contributed by atoms with Crippen LogP contribution in [0.2, 0.25) is 0 Å². The van der Waals surface area contributed by atoms with E-state index in [1.54, 1.807) is 0 Å². The average molecular weight is 261 g/mol. The van der Waals surface area contributed by atoms with E-state index in [2.05, 4.69) is 14.7 Å². The van der Waals surface area contributed by atoms with Crippen molar-refractivity contribution >= 4 is 10.0 Å². The van der Waals surface area contributed by atoms with Crippen molar-refractivity contribution in [2.24, 2.45) is 5.92 Å². The van der Waals surface area contributed by atoms with Gasteiger partial charge in [-0.05, 0) is 5.92 Å². The highest BCUT2D eigenvalue weighted by molar-refractivity contribution is 7.89. The second kappa shape index (κ2) is 5.61. The van der Waals surface area contributed by atoms with Gasteiger partial charge in [0.05, 0.1) is 12.3 Å². The van der Waals surface area contributed by atoms with Gasteiger partial charge < -0.3 is 10.1 Å². The van der Waals surface area contributed by atoms with Crippen LogP contribution in [0, 0.1) is 5.92 Å². The molecule has 1 heterocycles. The number of aromatic amines is 1. The Hall–Kier alpha value is -0.920. The third-order valence-electron chi connectivity index (χ3n) is 2.48. The van der Waals surface area contributed by atoms with Crippen molar-refractivity contribution < 1.29 is 13.5 Å². The molecule has 0 radical (unpaired) electrons.